The molecule has 1 aromatic heterocycles. The molecule has 0 fully saturated rings. The van der Waals surface area contributed by atoms with Crippen molar-refractivity contribution in [2.24, 2.45) is 11.7 Å². The Morgan fingerprint density at radius 2 is 2.10 bits per heavy atom. The highest BCUT2D eigenvalue weighted by atomic mass is 16.1. The molecule has 6 nitrogen and oxygen atoms in total. The Morgan fingerprint density at radius 1 is 1.40 bits per heavy atom. The molecular weight excluding hydrogens is 256 g/mol. The standard InChI is InChI=1S/C14H24N4O2/c1-11(2)8-17(10-13(16)19)6-3-7-18-9-12(15)4-5-14(18)20/h4-5,9,11H,3,6-8,10,15H2,1-2H3,(H2,16,19). The Bertz CT molecular complexity index is 496. The summed E-state index contributed by atoms with van der Waals surface area (Å²) in [5, 5.41) is 0. The minimum absolute atomic E-state index is 0.0653. The number of pyridine rings is 1. The third kappa shape index (κ3) is 5.88. The highest BCUT2D eigenvalue weighted by Crippen LogP contribution is 2.02. The average Bonchev–Trinajstić information content (AvgIpc) is 2.32. The highest BCUT2D eigenvalue weighted by molar-refractivity contribution is 5.75. The summed E-state index contributed by atoms with van der Waals surface area (Å²) in [4.78, 5) is 24.7. The van der Waals surface area contributed by atoms with Crippen LogP contribution in [0.5, 0.6) is 0 Å². The van der Waals surface area contributed by atoms with Gasteiger partial charge in [0.15, 0.2) is 0 Å². The number of carbonyl (C=O) groups is 1. The maximum Gasteiger partial charge on any atom is 0.250 e. The Morgan fingerprint density at radius 3 is 2.70 bits per heavy atom. The third-order valence-electron chi connectivity index (χ3n) is 2.88. The summed E-state index contributed by atoms with van der Waals surface area (Å²) in [6.45, 7) is 6.56. The summed E-state index contributed by atoms with van der Waals surface area (Å²) in [6, 6.07) is 3.06. The number of hydrogen-bond donors (Lipinski definition) is 2. The first-order chi connectivity index (χ1) is 9.38. The number of aryl methyl sites for hydroxylation is 1. The van der Waals surface area contributed by atoms with Crippen LogP contribution in [-0.2, 0) is 11.3 Å². The second kappa shape index (κ2) is 7.69. The molecule has 1 rings (SSSR count). The molecule has 1 heterocycles. The van der Waals surface area contributed by atoms with Crippen molar-refractivity contribution in [3.05, 3.63) is 28.7 Å². The van der Waals surface area contributed by atoms with Crippen LogP contribution < -0.4 is 17.0 Å². The molecule has 112 valence electrons. The molecule has 0 radical (unpaired) electrons. The topological polar surface area (TPSA) is 94.3 Å². The zero-order valence-electron chi connectivity index (χ0n) is 12.2. The van der Waals surface area contributed by atoms with Gasteiger partial charge in [-0.15, -0.1) is 0 Å². The fraction of sp³-hybridized carbons (Fsp3) is 0.571. The molecule has 0 aliphatic carbocycles. The van der Waals surface area contributed by atoms with Crippen LogP contribution in [0.1, 0.15) is 20.3 Å². The smallest absolute Gasteiger partial charge is 0.250 e. The van der Waals surface area contributed by atoms with E-state index < -0.39 is 0 Å². The fourth-order valence-electron chi connectivity index (χ4n) is 2.16. The van der Waals surface area contributed by atoms with Gasteiger partial charge in [-0.3, -0.25) is 14.5 Å². The molecule has 6 heteroatoms. The molecule has 0 saturated carbocycles. The number of amides is 1. The van der Waals surface area contributed by atoms with Crippen molar-refractivity contribution in [3.8, 4) is 0 Å². The average molecular weight is 280 g/mol. The van der Waals surface area contributed by atoms with Gasteiger partial charge in [0, 0.05) is 37.6 Å². The van der Waals surface area contributed by atoms with Crippen molar-refractivity contribution in [2.45, 2.75) is 26.8 Å². The zero-order valence-corrected chi connectivity index (χ0v) is 12.2. The van der Waals surface area contributed by atoms with Crippen LogP contribution in [0.2, 0.25) is 0 Å². The second-order valence-corrected chi connectivity index (χ2v) is 5.44. The first kappa shape index (κ1) is 16.2. The van der Waals surface area contributed by atoms with E-state index in [0.717, 1.165) is 19.5 Å². The molecule has 0 spiro atoms. The van der Waals surface area contributed by atoms with Crippen LogP contribution in [0, 0.1) is 5.92 Å². The summed E-state index contributed by atoms with van der Waals surface area (Å²) < 4.78 is 1.59. The number of nitrogen functional groups attached to an aromatic ring is 1. The highest BCUT2D eigenvalue weighted by Gasteiger charge is 2.10. The van der Waals surface area contributed by atoms with Gasteiger partial charge in [0.05, 0.1) is 6.54 Å². The fourth-order valence-corrected chi connectivity index (χ4v) is 2.16. The van der Waals surface area contributed by atoms with Crippen LogP contribution in [0.3, 0.4) is 0 Å². The lowest BCUT2D eigenvalue weighted by molar-refractivity contribution is -0.119. The summed E-state index contributed by atoms with van der Waals surface area (Å²) >= 11 is 0. The first-order valence-corrected chi connectivity index (χ1v) is 6.85. The molecular formula is C14H24N4O2. The van der Waals surface area contributed by atoms with Crippen LogP contribution in [0.25, 0.3) is 0 Å². The summed E-state index contributed by atoms with van der Waals surface area (Å²) in [5.41, 5.74) is 11.4. The largest absolute Gasteiger partial charge is 0.398 e. The van der Waals surface area contributed by atoms with Gasteiger partial charge in [-0.05, 0) is 18.4 Å². The Balaban J connectivity index is 2.52. The van der Waals surface area contributed by atoms with E-state index in [1.54, 1.807) is 16.8 Å². The first-order valence-electron chi connectivity index (χ1n) is 6.85. The van der Waals surface area contributed by atoms with E-state index >= 15 is 0 Å². The lowest BCUT2D eigenvalue weighted by Gasteiger charge is -2.22. The summed E-state index contributed by atoms with van der Waals surface area (Å²) in [5.74, 6) is 0.135. The van der Waals surface area contributed by atoms with Gasteiger partial charge in [-0.1, -0.05) is 13.8 Å². The predicted molar refractivity (Wildman–Crippen MR) is 80.2 cm³/mol. The van der Waals surface area contributed by atoms with Gasteiger partial charge >= 0.3 is 0 Å². The van der Waals surface area contributed by atoms with Gasteiger partial charge in [0.2, 0.25) is 5.91 Å². The summed E-state index contributed by atoms with van der Waals surface area (Å²) in [6.07, 6.45) is 2.41. The molecule has 0 bridgehead atoms. The molecule has 4 N–H and O–H groups in total. The number of aromatic nitrogens is 1. The normalized spacial score (nSPS) is 11.2. The SMILES string of the molecule is CC(C)CN(CCCn1cc(N)ccc1=O)CC(N)=O. The lowest BCUT2D eigenvalue weighted by Crippen LogP contribution is -2.37. The number of primary amides is 1. The Labute approximate surface area is 119 Å². The number of rotatable bonds is 8. The van der Waals surface area contributed by atoms with Gasteiger partial charge in [0.25, 0.3) is 5.56 Å². The minimum Gasteiger partial charge on any atom is -0.398 e. The zero-order chi connectivity index (χ0) is 15.1. The molecule has 0 aliphatic rings. The number of anilines is 1. The molecule has 0 atom stereocenters. The Hall–Kier alpha value is -1.82. The molecule has 20 heavy (non-hydrogen) atoms. The number of carbonyl (C=O) groups excluding carboxylic acids is 1. The maximum absolute atomic E-state index is 11.6. The van der Waals surface area contributed by atoms with Crippen LogP contribution in [0.4, 0.5) is 5.69 Å². The minimum atomic E-state index is -0.327. The van der Waals surface area contributed by atoms with Crippen molar-refractivity contribution < 1.29 is 4.79 Å². The molecule has 0 aliphatic heterocycles. The lowest BCUT2D eigenvalue weighted by atomic mass is 10.2. The predicted octanol–water partition coefficient (Wildman–Crippen LogP) is 0.264. The van der Waals surface area contributed by atoms with E-state index in [-0.39, 0.29) is 18.0 Å². The number of hydrogen-bond acceptors (Lipinski definition) is 4. The van der Waals surface area contributed by atoms with E-state index in [2.05, 4.69) is 13.8 Å². The van der Waals surface area contributed by atoms with E-state index in [1.165, 1.54) is 6.07 Å². The third-order valence-corrected chi connectivity index (χ3v) is 2.88. The van der Waals surface area contributed by atoms with E-state index in [1.807, 2.05) is 4.90 Å². The molecule has 1 amide bonds. The van der Waals surface area contributed by atoms with Gasteiger partial charge in [-0.25, -0.2) is 0 Å². The van der Waals surface area contributed by atoms with E-state index in [0.29, 0.717) is 18.2 Å². The van der Waals surface area contributed by atoms with Crippen molar-refractivity contribution >= 4 is 11.6 Å². The van der Waals surface area contributed by atoms with Crippen molar-refractivity contribution in [3.63, 3.8) is 0 Å². The van der Waals surface area contributed by atoms with Crippen LogP contribution >= 0.6 is 0 Å². The molecule has 0 saturated heterocycles. The molecule has 0 unspecified atom stereocenters. The van der Waals surface area contributed by atoms with Crippen molar-refractivity contribution in [1.82, 2.24) is 9.47 Å². The van der Waals surface area contributed by atoms with Gasteiger partial charge < -0.3 is 16.0 Å². The maximum atomic E-state index is 11.6. The number of nitrogens with two attached hydrogens (primary N) is 2. The summed E-state index contributed by atoms with van der Waals surface area (Å²) in [7, 11) is 0. The van der Waals surface area contributed by atoms with Crippen LogP contribution in [0.15, 0.2) is 23.1 Å². The van der Waals surface area contributed by atoms with Crippen molar-refractivity contribution in [2.75, 3.05) is 25.4 Å². The van der Waals surface area contributed by atoms with E-state index in [9.17, 15) is 9.59 Å². The quantitative estimate of drug-likeness (QED) is 0.714. The van der Waals surface area contributed by atoms with E-state index in [4.69, 9.17) is 11.5 Å². The monoisotopic (exact) mass is 280 g/mol. The van der Waals surface area contributed by atoms with Gasteiger partial charge in [0.1, 0.15) is 0 Å². The Kier molecular flexibility index (Phi) is 6.24. The second-order valence-electron chi connectivity index (χ2n) is 5.44. The number of nitrogens with zero attached hydrogens (tertiary/aromatic N) is 2. The van der Waals surface area contributed by atoms with Crippen LogP contribution in [-0.4, -0.2) is 35.0 Å². The van der Waals surface area contributed by atoms with Crippen molar-refractivity contribution in [1.29, 1.82) is 0 Å². The molecule has 0 aromatic carbocycles. The van der Waals surface area contributed by atoms with Gasteiger partial charge in [-0.2, -0.15) is 0 Å². The molecule has 1 aromatic rings.